The molecule has 0 spiro atoms. The van der Waals surface area contributed by atoms with Crippen molar-refractivity contribution in [1.29, 1.82) is 0 Å². The molecule has 0 unspecified atom stereocenters. The van der Waals surface area contributed by atoms with Gasteiger partial charge in [-0.05, 0) is 85.6 Å². The number of anilines is 6. The molecule has 5 rings (SSSR count). The van der Waals surface area contributed by atoms with Crippen LogP contribution in [0.25, 0.3) is 0 Å². The van der Waals surface area contributed by atoms with E-state index in [0.29, 0.717) is 0 Å². The average molecular weight is 447 g/mol. The third-order valence-electron chi connectivity index (χ3n) is 5.57. The highest BCUT2D eigenvalue weighted by atomic mass is 32.1. The Bertz CT molecular complexity index is 1240. The van der Waals surface area contributed by atoms with Gasteiger partial charge in [0.15, 0.2) is 0 Å². The summed E-state index contributed by atoms with van der Waals surface area (Å²) < 4.78 is 0. The second kappa shape index (κ2) is 9.35. The molecule has 0 radical (unpaired) electrons. The number of rotatable bonds is 6. The highest BCUT2D eigenvalue weighted by molar-refractivity contribution is 7.20. The monoisotopic (exact) mass is 446 g/mol. The van der Waals surface area contributed by atoms with Crippen molar-refractivity contribution in [2.24, 2.45) is 0 Å². The Hall–Kier alpha value is -3.82. The lowest BCUT2D eigenvalue weighted by Crippen LogP contribution is -2.09. The van der Waals surface area contributed by atoms with Gasteiger partial charge in [-0.3, -0.25) is 0 Å². The van der Waals surface area contributed by atoms with E-state index in [9.17, 15) is 0 Å². The van der Waals surface area contributed by atoms with Crippen LogP contribution in [0.5, 0.6) is 0 Å². The smallest absolute Gasteiger partial charge is 0.102 e. The zero-order valence-electron chi connectivity index (χ0n) is 18.8. The number of hydrogen-bond acceptors (Lipinski definition) is 3. The standard InChI is InChI=1S/C30H26N2S/c1-23-11-9-17-27(21-23)31(25-13-5-3-6-14-25)29-19-20-30(33-29)32(26-15-7-4-8-16-26)28-18-10-12-24(2)22-28/h3-22H,1-2H3. The first-order chi connectivity index (χ1) is 16.2. The zero-order valence-corrected chi connectivity index (χ0v) is 19.7. The van der Waals surface area contributed by atoms with Crippen LogP contribution in [0.2, 0.25) is 0 Å². The normalized spacial score (nSPS) is 10.7. The zero-order chi connectivity index (χ0) is 22.6. The molecule has 0 atom stereocenters. The van der Waals surface area contributed by atoms with E-state index in [2.05, 4.69) is 145 Å². The van der Waals surface area contributed by atoms with Gasteiger partial charge in [0.1, 0.15) is 10.0 Å². The molecule has 0 aliphatic carbocycles. The second-order valence-electron chi connectivity index (χ2n) is 8.13. The topological polar surface area (TPSA) is 6.48 Å². The van der Waals surface area contributed by atoms with Crippen LogP contribution in [-0.4, -0.2) is 0 Å². The maximum Gasteiger partial charge on any atom is 0.102 e. The molecule has 2 nitrogen and oxygen atoms in total. The summed E-state index contributed by atoms with van der Waals surface area (Å²) in [5.74, 6) is 0. The van der Waals surface area contributed by atoms with E-state index < -0.39 is 0 Å². The molecule has 33 heavy (non-hydrogen) atoms. The van der Waals surface area contributed by atoms with Gasteiger partial charge >= 0.3 is 0 Å². The molecule has 5 aromatic rings. The Morgan fingerprint density at radius 1 is 0.424 bits per heavy atom. The van der Waals surface area contributed by atoms with E-state index in [0.717, 1.165) is 22.7 Å². The average Bonchev–Trinajstić information content (AvgIpc) is 3.30. The van der Waals surface area contributed by atoms with Crippen molar-refractivity contribution in [2.45, 2.75) is 13.8 Å². The molecule has 3 heteroatoms. The van der Waals surface area contributed by atoms with Gasteiger partial charge in [-0.1, -0.05) is 72.0 Å². The van der Waals surface area contributed by atoms with Crippen LogP contribution < -0.4 is 9.80 Å². The van der Waals surface area contributed by atoms with Crippen molar-refractivity contribution in [3.8, 4) is 0 Å². The molecule has 0 N–H and O–H groups in total. The van der Waals surface area contributed by atoms with E-state index in [1.807, 2.05) is 0 Å². The van der Waals surface area contributed by atoms with Crippen molar-refractivity contribution in [3.05, 3.63) is 132 Å². The van der Waals surface area contributed by atoms with Crippen LogP contribution in [0.1, 0.15) is 11.1 Å². The van der Waals surface area contributed by atoms with Gasteiger partial charge < -0.3 is 9.80 Å². The Morgan fingerprint density at radius 3 is 1.21 bits per heavy atom. The highest BCUT2D eigenvalue weighted by Crippen LogP contribution is 2.45. The van der Waals surface area contributed by atoms with Gasteiger partial charge in [-0.15, -0.1) is 0 Å². The van der Waals surface area contributed by atoms with E-state index in [1.165, 1.54) is 21.1 Å². The first-order valence-electron chi connectivity index (χ1n) is 11.1. The lowest BCUT2D eigenvalue weighted by molar-refractivity contribution is 1.30. The Kier molecular flexibility index (Phi) is 5.97. The Morgan fingerprint density at radius 2 is 0.818 bits per heavy atom. The van der Waals surface area contributed by atoms with Crippen molar-refractivity contribution in [1.82, 2.24) is 0 Å². The van der Waals surface area contributed by atoms with Crippen LogP contribution in [-0.2, 0) is 0 Å². The van der Waals surface area contributed by atoms with Gasteiger partial charge in [0.2, 0.25) is 0 Å². The molecule has 0 saturated heterocycles. The lowest BCUT2D eigenvalue weighted by Gasteiger charge is -2.25. The molecular formula is C30H26N2S. The summed E-state index contributed by atoms with van der Waals surface area (Å²) in [7, 11) is 0. The van der Waals surface area contributed by atoms with Crippen LogP contribution in [0.4, 0.5) is 32.8 Å². The molecule has 0 amide bonds. The number of hydrogen-bond donors (Lipinski definition) is 0. The summed E-state index contributed by atoms with van der Waals surface area (Å²) in [6.45, 7) is 4.28. The molecular weight excluding hydrogens is 420 g/mol. The van der Waals surface area contributed by atoms with Crippen LogP contribution in [0.15, 0.2) is 121 Å². The van der Waals surface area contributed by atoms with E-state index in [-0.39, 0.29) is 0 Å². The van der Waals surface area contributed by atoms with Crippen molar-refractivity contribution in [2.75, 3.05) is 9.80 Å². The van der Waals surface area contributed by atoms with E-state index in [4.69, 9.17) is 0 Å². The molecule has 0 aliphatic rings. The number of aryl methyl sites for hydroxylation is 2. The SMILES string of the molecule is Cc1cccc(N(c2ccccc2)c2ccc(N(c3ccccc3)c3cccc(C)c3)s2)c1. The van der Waals surface area contributed by atoms with Crippen molar-refractivity contribution < 1.29 is 0 Å². The molecule has 0 bridgehead atoms. The second-order valence-corrected chi connectivity index (χ2v) is 9.17. The Balaban J connectivity index is 1.63. The van der Waals surface area contributed by atoms with Gasteiger partial charge in [0, 0.05) is 22.7 Å². The highest BCUT2D eigenvalue weighted by Gasteiger charge is 2.19. The molecule has 4 aromatic carbocycles. The maximum absolute atomic E-state index is 2.33. The summed E-state index contributed by atoms with van der Waals surface area (Å²) in [4.78, 5) is 4.67. The molecule has 0 saturated carbocycles. The van der Waals surface area contributed by atoms with Crippen LogP contribution in [0, 0.1) is 13.8 Å². The predicted molar refractivity (Wildman–Crippen MR) is 143 cm³/mol. The lowest BCUT2D eigenvalue weighted by atomic mass is 10.2. The first-order valence-corrected chi connectivity index (χ1v) is 11.9. The minimum atomic E-state index is 1.15. The molecule has 1 aromatic heterocycles. The summed E-state index contributed by atoms with van der Waals surface area (Å²) in [6, 6.07) is 43.0. The Labute approximate surface area is 200 Å². The fraction of sp³-hybridized carbons (Fsp3) is 0.0667. The fourth-order valence-electron chi connectivity index (χ4n) is 4.05. The first kappa shape index (κ1) is 21.0. The molecule has 0 aliphatic heterocycles. The molecule has 162 valence electrons. The molecule has 0 fully saturated rings. The quantitative estimate of drug-likeness (QED) is 0.256. The largest absolute Gasteiger partial charge is 0.302 e. The summed E-state index contributed by atoms with van der Waals surface area (Å²) in [5, 5.41) is 2.35. The minimum Gasteiger partial charge on any atom is -0.302 e. The number of para-hydroxylation sites is 2. The fourth-order valence-corrected chi connectivity index (χ4v) is 5.14. The number of benzene rings is 4. The predicted octanol–water partition coefficient (Wildman–Crippen LogP) is 9.30. The number of thiophene rings is 1. The van der Waals surface area contributed by atoms with Crippen LogP contribution in [0.3, 0.4) is 0 Å². The summed E-state index contributed by atoms with van der Waals surface area (Å²) in [6.07, 6.45) is 0. The van der Waals surface area contributed by atoms with Crippen LogP contribution >= 0.6 is 11.3 Å². The molecule has 1 heterocycles. The van der Waals surface area contributed by atoms with Gasteiger partial charge in [0.05, 0.1) is 0 Å². The van der Waals surface area contributed by atoms with E-state index in [1.54, 1.807) is 11.3 Å². The summed E-state index contributed by atoms with van der Waals surface area (Å²) >= 11 is 1.79. The van der Waals surface area contributed by atoms with Crippen molar-refractivity contribution >= 4 is 44.1 Å². The summed E-state index contributed by atoms with van der Waals surface area (Å²) in [5.41, 5.74) is 7.12. The number of nitrogens with zero attached hydrogens (tertiary/aromatic N) is 2. The van der Waals surface area contributed by atoms with Gasteiger partial charge in [0.25, 0.3) is 0 Å². The van der Waals surface area contributed by atoms with Gasteiger partial charge in [-0.25, -0.2) is 0 Å². The van der Waals surface area contributed by atoms with E-state index >= 15 is 0 Å². The third-order valence-corrected chi connectivity index (χ3v) is 6.62. The minimum absolute atomic E-state index is 1.15. The van der Waals surface area contributed by atoms with Gasteiger partial charge in [-0.2, -0.15) is 0 Å². The van der Waals surface area contributed by atoms with Crippen molar-refractivity contribution in [3.63, 3.8) is 0 Å². The third kappa shape index (κ3) is 4.55. The maximum atomic E-state index is 2.33.